The fourth-order valence-electron chi connectivity index (χ4n) is 1.50. The van der Waals surface area contributed by atoms with E-state index in [0.717, 1.165) is 0 Å². The molecule has 0 aliphatic rings. The van der Waals surface area contributed by atoms with Gasteiger partial charge in [-0.05, 0) is 30.2 Å². The van der Waals surface area contributed by atoms with Gasteiger partial charge in [0.2, 0.25) is 0 Å². The van der Waals surface area contributed by atoms with E-state index in [2.05, 4.69) is 26.0 Å². The summed E-state index contributed by atoms with van der Waals surface area (Å²) in [5.41, 5.74) is 9.32. The Morgan fingerprint density at radius 1 is 1.47 bits per heavy atom. The van der Waals surface area contributed by atoms with E-state index < -0.39 is 16.8 Å². The second-order valence-electron chi connectivity index (χ2n) is 3.58. The molecular formula is C12H14BrN3O3. The molecule has 0 heterocycles. The first-order valence-electron chi connectivity index (χ1n) is 5.62. The van der Waals surface area contributed by atoms with Crippen LogP contribution in [0.5, 0.6) is 5.75 Å². The van der Waals surface area contributed by atoms with Crippen LogP contribution in [0.1, 0.15) is 18.5 Å². The predicted octanol–water partition coefficient (Wildman–Crippen LogP) is 3.37. The van der Waals surface area contributed by atoms with Gasteiger partial charge in [-0.15, -0.1) is 0 Å². The molecule has 19 heavy (non-hydrogen) atoms. The lowest BCUT2D eigenvalue weighted by Gasteiger charge is -2.17. The Labute approximate surface area is 119 Å². The Bertz CT molecular complexity index is 472. The average Bonchev–Trinajstić information content (AvgIpc) is 2.44. The molecule has 2 unspecified atom stereocenters. The molecule has 6 nitrogen and oxygen atoms in total. The molecule has 0 amide bonds. The lowest BCUT2D eigenvalue weighted by molar-refractivity contribution is -0.142. The summed E-state index contributed by atoms with van der Waals surface area (Å²) in [5, 5.41) is 3.65. The molecule has 0 bridgehead atoms. The molecule has 0 radical (unpaired) electrons. The lowest BCUT2D eigenvalue weighted by Crippen LogP contribution is -2.23. The van der Waals surface area contributed by atoms with Crippen LogP contribution < -0.4 is 4.74 Å². The van der Waals surface area contributed by atoms with Crippen molar-refractivity contribution in [1.82, 2.24) is 0 Å². The summed E-state index contributed by atoms with van der Waals surface area (Å²) in [6, 6.07) is 6.28. The van der Waals surface area contributed by atoms with Gasteiger partial charge in [0.1, 0.15) is 10.6 Å². The molecule has 1 rings (SSSR count). The van der Waals surface area contributed by atoms with Gasteiger partial charge in [-0.25, -0.2) is 0 Å². The second kappa shape index (κ2) is 7.66. The van der Waals surface area contributed by atoms with E-state index in [4.69, 9.17) is 15.0 Å². The maximum Gasteiger partial charge on any atom is 0.320 e. The van der Waals surface area contributed by atoms with Crippen LogP contribution in [0.2, 0.25) is 0 Å². The number of alkyl halides is 1. The minimum absolute atomic E-state index is 0.270. The topological polar surface area (TPSA) is 84.3 Å². The molecule has 0 aliphatic carbocycles. The highest BCUT2D eigenvalue weighted by Gasteiger charge is 2.27. The highest BCUT2D eigenvalue weighted by atomic mass is 79.9. The molecule has 0 aromatic heterocycles. The minimum atomic E-state index is -0.725. The zero-order valence-electron chi connectivity index (χ0n) is 10.6. The fraction of sp³-hybridized carbons (Fsp3) is 0.417. The van der Waals surface area contributed by atoms with Crippen molar-refractivity contribution in [2.24, 2.45) is 5.11 Å². The Morgan fingerprint density at radius 3 is 2.58 bits per heavy atom. The first kappa shape index (κ1) is 15.3. The fourth-order valence-corrected chi connectivity index (χ4v) is 2.04. The van der Waals surface area contributed by atoms with Crippen LogP contribution in [0, 0.1) is 0 Å². The van der Waals surface area contributed by atoms with Gasteiger partial charge in [0, 0.05) is 4.91 Å². The van der Waals surface area contributed by atoms with Gasteiger partial charge in [-0.1, -0.05) is 33.2 Å². The number of esters is 1. The van der Waals surface area contributed by atoms with Gasteiger partial charge in [-0.2, -0.15) is 0 Å². The van der Waals surface area contributed by atoms with Crippen LogP contribution in [0.15, 0.2) is 29.4 Å². The maximum atomic E-state index is 11.7. The number of benzene rings is 1. The van der Waals surface area contributed by atoms with Crippen molar-refractivity contribution in [3.05, 3.63) is 40.3 Å². The van der Waals surface area contributed by atoms with Crippen LogP contribution in [-0.2, 0) is 9.53 Å². The molecule has 0 aliphatic heterocycles. The SMILES string of the molecule is CCOC(=O)C(Br)C(N=[N+]=[N-])c1ccc(OC)cc1. The summed E-state index contributed by atoms with van der Waals surface area (Å²) in [4.78, 5) is 13.7. The van der Waals surface area contributed by atoms with Crippen LogP contribution in [0.4, 0.5) is 0 Å². The van der Waals surface area contributed by atoms with E-state index in [0.29, 0.717) is 11.3 Å². The van der Waals surface area contributed by atoms with Gasteiger partial charge >= 0.3 is 5.97 Å². The number of carbonyl (C=O) groups is 1. The molecule has 7 heteroatoms. The Balaban J connectivity index is 2.98. The van der Waals surface area contributed by atoms with Crippen LogP contribution >= 0.6 is 15.9 Å². The number of carbonyl (C=O) groups excluding carboxylic acids is 1. The van der Waals surface area contributed by atoms with Crippen molar-refractivity contribution in [3.8, 4) is 5.75 Å². The van der Waals surface area contributed by atoms with Crippen LogP contribution in [0.3, 0.4) is 0 Å². The van der Waals surface area contributed by atoms with Crippen molar-refractivity contribution in [1.29, 1.82) is 0 Å². The van der Waals surface area contributed by atoms with E-state index in [1.54, 1.807) is 38.3 Å². The molecule has 0 N–H and O–H groups in total. The standard InChI is InChI=1S/C12H14BrN3O3/c1-3-19-12(17)10(13)11(15-16-14)8-4-6-9(18-2)7-5-8/h4-7,10-11H,3H2,1-2H3. The summed E-state index contributed by atoms with van der Waals surface area (Å²) in [6.07, 6.45) is 0. The van der Waals surface area contributed by atoms with Crippen molar-refractivity contribution < 1.29 is 14.3 Å². The number of hydrogen-bond donors (Lipinski definition) is 0. The van der Waals surface area contributed by atoms with Gasteiger partial charge in [0.25, 0.3) is 0 Å². The third-order valence-corrected chi connectivity index (χ3v) is 3.30. The summed E-state index contributed by atoms with van der Waals surface area (Å²) in [6.45, 7) is 1.99. The van der Waals surface area contributed by atoms with Crippen LogP contribution in [0.25, 0.3) is 10.4 Å². The third kappa shape index (κ3) is 4.15. The van der Waals surface area contributed by atoms with Crippen molar-refractivity contribution in [3.63, 3.8) is 0 Å². The van der Waals surface area contributed by atoms with E-state index in [1.165, 1.54) is 0 Å². The maximum absolute atomic E-state index is 11.7. The van der Waals surface area contributed by atoms with Crippen molar-refractivity contribution in [2.75, 3.05) is 13.7 Å². The quantitative estimate of drug-likeness (QED) is 0.264. The predicted molar refractivity (Wildman–Crippen MR) is 74.2 cm³/mol. The van der Waals surface area contributed by atoms with Crippen LogP contribution in [-0.4, -0.2) is 24.5 Å². The first-order valence-corrected chi connectivity index (χ1v) is 6.54. The van der Waals surface area contributed by atoms with E-state index >= 15 is 0 Å². The third-order valence-electron chi connectivity index (χ3n) is 2.42. The number of nitrogens with zero attached hydrogens (tertiary/aromatic N) is 3. The zero-order chi connectivity index (χ0) is 14.3. The summed E-state index contributed by atoms with van der Waals surface area (Å²) in [7, 11) is 1.56. The highest BCUT2D eigenvalue weighted by molar-refractivity contribution is 9.10. The van der Waals surface area contributed by atoms with E-state index in [-0.39, 0.29) is 6.61 Å². The zero-order valence-corrected chi connectivity index (χ0v) is 12.2. The molecule has 0 spiro atoms. The monoisotopic (exact) mass is 327 g/mol. The van der Waals surface area contributed by atoms with Gasteiger partial charge < -0.3 is 9.47 Å². The van der Waals surface area contributed by atoms with E-state index in [9.17, 15) is 4.79 Å². The Hall–Kier alpha value is -1.72. The number of halogens is 1. The van der Waals surface area contributed by atoms with Crippen molar-refractivity contribution in [2.45, 2.75) is 17.8 Å². The molecule has 0 saturated carbocycles. The molecule has 102 valence electrons. The molecule has 1 aromatic carbocycles. The number of ether oxygens (including phenoxy) is 2. The van der Waals surface area contributed by atoms with Gasteiger partial charge in [-0.3, -0.25) is 4.79 Å². The molecule has 1 aromatic rings. The Kier molecular flexibility index (Phi) is 6.18. The van der Waals surface area contributed by atoms with Gasteiger partial charge in [0.05, 0.1) is 19.8 Å². The minimum Gasteiger partial charge on any atom is -0.497 e. The molecule has 0 saturated heterocycles. The Morgan fingerprint density at radius 2 is 2.11 bits per heavy atom. The summed E-state index contributed by atoms with van der Waals surface area (Å²) < 4.78 is 9.95. The largest absolute Gasteiger partial charge is 0.497 e. The molecular weight excluding hydrogens is 314 g/mol. The average molecular weight is 328 g/mol. The van der Waals surface area contributed by atoms with Gasteiger partial charge in [0.15, 0.2) is 0 Å². The lowest BCUT2D eigenvalue weighted by atomic mass is 10.0. The summed E-state index contributed by atoms with van der Waals surface area (Å²) in [5.74, 6) is 0.224. The first-order chi connectivity index (χ1) is 9.13. The van der Waals surface area contributed by atoms with E-state index in [1.807, 2.05) is 0 Å². The number of rotatable bonds is 6. The molecule has 2 atom stereocenters. The number of azide groups is 1. The van der Waals surface area contributed by atoms with Crippen molar-refractivity contribution >= 4 is 21.9 Å². The number of hydrogen-bond acceptors (Lipinski definition) is 4. The smallest absolute Gasteiger partial charge is 0.320 e. The second-order valence-corrected chi connectivity index (χ2v) is 4.56. The highest BCUT2D eigenvalue weighted by Crippen LogP contribution is 2.29. The summed E-state index contributed by atoms with van der Waals surface area (Å²) >= 11 is 3.21. The molecule has 0 fully saturated rings. The number of methoxy groups -OCH3 is 1. The normalized spacial score (nSPS) is 13.0.